The van der Waals surface area contributed by atoms with E-state index in [9.17, 15) is 9.59 Å². The Kier molecular flexibility index (Phi) is 5.07. The van der Waals surface area contributed by atoms with Crippen LogP contribution in [-0.2, 0) is 15.0 Å². The average molecular weight is 434 g/mol. The van der Waals surface area contributed by atoms with Gasteiger partial charge in [-0.2, -0.15) is 10.2 Å². The van der Waals surface area contributed by atoms with Gasteiger partial charge in [-0.3, -0.25) is 0 Å². The van der Waals surface area contributed by atoms with Crippen LogP contribution in [0.1, 0.15) is 31.4 Å². The fourth-order valence-corrected chi connectivity index (χ4v) is 5.59. The molecule has 1 saturated heterocycles. The van der Waals surface area contributed by atoms with Gasteiger partial charge in [-0.25, -0.2) is 19.6 Å². The van der Waals surface area contributed by atoms with Gasteiger partial charge in [0.25, 0.3) is 0 Å². The summed E-state index contributed by atoms with van der Waals surface area (Å²) in [4.78, 5) is 25.8. The minimum absolute atomic E-state index is 0.132. The van der Waals surface area contributed by atoms with Gasteiger partial charge in [-0.05, 0) is 31.4 Å². The van der Waals surface area contributed by atoms with Crippen molar-refractivity contribution in [2.24, 2.45) is 16.1 Å². The zero-order valence-electron chi connectivity index (χ0n) is 18.1. The Bertz CT molecular complexity index is 989. The number of hydrogen-bond acceptors (Lipinski definition) is 6. The average Bonchev–Trinajstić information content (AvgIpc) is 3.50. The standard InChI is InChI=1S/C24H26N4O4/c1-3-31-22(29)27-18-15-19(28(27)23(30)32-4-2)21-20(18)24(26-25-21,16-11-7-5-8-12-16)17-13-9-6-10-14-17/h5-14,18-21H,3-4,15H2,1-2H3. The molecule has 2 fully saturated rings. The molecule has 2 aromatic rings. The molecule has 3 aliphatic rings. The molecule has 4 unspecified atom stereocenters. The van der Waals surface area contributed by atoms with Crippen molar-refractivity contribution in [2.45, 2.75) is 43.9 Å². The van der Waals surface area contributed by atoms with Gasteiger partial charge >= 0.3 is 12.2 Å². The molecule has 1 aliphatic carbocycles. The first-order valence-electron chi connectivity index (χ1n) is 11.1. The van der Waals surface area contributed by atoms with E-state index >= 15 is 0 Å². The second kappa shape index (κ2) is 7.93. The lowest BCUT2D eigenvalue weighted by Gasteiger charge is -2.45. The summed E-state index contributed by atoms with van der Waals surface area (Å²) in [6, 6.07) is 19.3. The number of hydrazine groups is 1. The van der Waals surface area contributed by atoms with Crippen LogP contribution in [0.3, 0.4) is 0 Å². The first-order chi connectivity index (χ1) is 15.6. The Balaban J connectivity index is 1.63. The van der Waals surface area contributed by atoms with E-state index < -0.39 is 17.7 Å². The number of ether oxygens (including phenoxy) is 2. The predicted molar refractivity (Wildman–Crippen MR) is 116 cm³/mol. The number of carbonyl (C=O) groups is 2. The minimum atomic E-state index is -0.752. The van der Waals surface area contributed by atoms with Crippen molar-refractivity contribution in [3.8, 4) is 0 Å². The maximum Gasteiger partial charge on any atom is 0.429 e. The highest BCUT2D eigenvalue weighted by atomic mass is 16.6. The van der Waals surface area contributed by atoms with Crippen LogP contribution in [-0.4, -0.2) is 53.5 Å². The Morgan fingerprint density at radius 1 is 0.875 bits per heavy atom. The van der Waals surface area contributed by atoms with Crippen LogP contribution in [0, 0.1) is 5.92 Å². The fraction of sp³-hybridized carbons (Fsp3) is 0.417. The zero-order chi connectivity index (χ0) is 22.3. The molecule has 2 heterocycles. The fourth-order valence-electron chi connectivity index (χ4n) is 5.59. The molecule has 32 heavy (non-hydrogen) atoms. The highest BCUT2D eigenvalue weighted by molar-refractivity contribution is 5.76. The summed E-state index contributed by atoms with van der Waals surface area (Å²) < 4.78 is 10.6. The lowest BCUT2D eigenvalue weighted by atomic mass is 9.70. The maximum atomic E-state index is 13.0. The van der Waals surface area contributed by atoms with Crippen LogP contribution in [0.25, 0.3) is 0 Å². The maximum absolute atomic E-state index is 13.0. The van der Waals surface area contributed by atoms with Gasteiger partial charge < -0.3 is 9.47 Å². The van der Waals surface area contributed by atoms with Gasteiger partial charge in [-0.15, -0.1) is 0 Å². The molecule has 2 aliphatic heterocycles. The normalized spacial score (nSPS) is 26.8. The molecule has 2 amide bonds. The first kappa shape index (κ1) is 20.5. The Hall–Kier alpha value is -3.42. The van der Waals surface area contributed by atoms with Crippen molar-refractivity contribution >= 4 is 12.2 Å². The largest absolute Gasteiger partial charge is 0.448 e. The van der Waals surface area contributed by atoms with Gasteiger partial charge in [0.05, 0.1) is 25.3 Å². The van der Waals surface area contributed by atoms with Crippen molar-refractivity contribution in [3.05, 3.63) is 71.8 Å². The summed E-state index contributed by atoms with van der Waals surface area (Å²) in [5.41, 5.74) is 1.28. The number of azo groups is 1. The molecule has 4 atom stereocenters. The van der Waals surface area contributed by atoms with E-state index in [1.807, 2.05) is 36.4 Å². The van der Waals surface area contributed by atoms with Crippen LogP contribution in [0.2, 0.25) is 0 Å². The summed E-state index contributed by atoms with van der Waals surface area (Å²) in [6.07, 6.45) is -0.500. The number of amides is 2. The van der Waals surface area contributed by atoms with Crippen LogP contribution in [0.15, 0.2) is 70.9 Å². The number of nitrogens with zero attached hydrogens (tertiary/aromatic N) is 4. The van der Waals surface area contributed by atoms with E-state index in [0.717, 1.165) is 11.1 Å². The van der Waals surface area contributed by atoms with E-state index in [4.69, 9.17) is 19.7 Å². The lowest BCUT2D eigenvalue weighted by Crippen LogP contribution is -2.62. The van der Waals surface area contributed by atoms with Crippen LogP contribution >= 0.6 is 0 Å². The number of fused-ring (bicyclic) bond motifs is 5. The monoisotopic (exact) mass is 434 g/mol. The van der Waals surface area contributed by atoms with E-state index in [-0.39, 0.29) is 37.3 Å². The molecule has 0 aromatic heterocycles. The Labute approximate surface area is 186 Å². The predicted octanol–water partition coefficient (Wildman–Crippen LogP) is 4.37. The summed E-state index contributed by atoms with van der Waals surface area (Å²) in [7, 11) is 0. The lowest BCUT2D eigenvalue weighted by molar-refractivity contribution is -0.0620. The number of carbonyl (C=O) groups excluding carboxylic acids is 2. The molecule has 1 saturated carbocycles. The van der Waals surface area contributed by atoms with E-state index in [1.54, 1.807) is 13.8 Å². The molecule has 5 rings (SSSR count). The first-order valence-corrected chi connectivity index (χ1v) is 11.1. The number of benzene rings is 2. The second-order valence-corrected chi connectivity index (χ2v) is 8.19. The van der Waals surface area contributed by atoms with Gasteiger partial charge in [0.2, 0.25) is 0 Å². The third kappa shape index (κ3) is 2.82. The highest BCUT2D eigenvalue weighted by Crippen LogP contribution is 2.58. The van der Waals surface area contributed by atoms with E-state index in [1.165, 1.54) is 10.0 Å². The molecular weight excluding hydrogens is 408 g/mol. The quantitative estimate of drug-likeness (QED) is 0.715. The molecule has 8 heteroatoms. The smallest absolute Gasteiger partial charge is 0.429 e. The van der Waals surface area contributed by atoms with Crippen molar-refractivity contribution < 1.29 is 19.1 Å². The zero-order valence-corrected chi connectivity index (χ0v) is 18.1. The molecule has 166 valence electrons. The van der Waals surface area contributed by atoms with E-state index in [0.29, 0.717) is 6.42 Å². The van der Waals surface area contributed by atoms with Gasteiger partial charge in [0, 0.05) is 5.92 Å². The Morgan fingerprint density at radius 3 is 1.88 bits per heavy atom. The molecule has 8 nitrogen and oxygen atoms in total. The van der Waals surface area contributed by atoms with Crippen LogP contribution in [0.5, 0.6) is 0 Å². The van der Waals surface area contributed by atoms with Crippen molar-refractivity contribution in [2.75, 3.05) is 13.2 Å². The molecule has 0 spiro atoms. The third-order valence-electron chi connectivity index (χ3n) is 6.69. The van der Waals surface area contributed by atoms with Gasteiger partial charge in [-0.1, -0.05) is 60.7 Å². The third-order valence-corrected chi connectivity index (χ3v) is 6.69. The molecule has 0 N–H and O–H groups in total. The van der Waals surface area contributed by atoms with Gasteiger partial charge in [0.15, 0.2) is 0 Å². The molecular formula is C24H26N4O4. The minimum Gasteiger partial charge on any atom is -0.448 e. The molecule has 0 radical (unpaired) electrons. The van der Waals surface area contributed by atoms with Crippen LogP contribution in [0.4, 0.5) is 9.59 Å². The van der Waals surface area contributed by atoms with Crippen LogP contribution < -0.4 is 0 Å². The van der Waals surface area contributed by atoms with Crippen molar-refractivity contribution in [1.29, 1.82) is 0 Å². The highest BCUT2D eigenvalue weighted by Gasteiger charge is 2.69. The number of hydrogen-bond donors (Lipinski definition) is 0. The Morgan fingerprint density at radius 2 is 1.38 bits per heavy atom. The van der Waals surface area contributed by atoms with Crippen molar-refractivity contribution in [1.82, 2.24) is 10.0 Å². The van der Waals surface area contributed by atoms with E-state index in [2.05, 4.69) is 24.3 Å². The molecule has 2 aromatic carbocycles. The summed E-state index contributed by atoms with van der Waals surface area (Å²) in [6.45, 7) is 3.93. The van der Waals surface area contributed by atoms with Gasteiger partial charge in [0.1, 0.15) is 11.6 Å². The van der Waals surface area contributed by atoms with Crippen molar-refractivity contribution in [3.63, 3.8) is 0 Å². The summed E-state index contributed by atoms with van der Waals surface area (Å²) in [5, 5.41) is 12.4. The topological polar surface area (TPSA) is 83.8 Å². The summed E-state index contributed by atoms with van der Waals surface area (Å²) in [5.74, 6) is -0.132. The SMILES string of the molecule is CCOC(=O)N1C2CC(C3C2N=NC3(c2ccccc2)c2ccccc2)N1C(=O)OCC. The summed E-state index contributed by atoms with van der Waals surface area (Å²) >= 11 is 0. The molecule has 2 bridgehead atoms. The number of rotatable bonds is 4. The second-order valence-electron chi connectivity index (χ2n) is 8.19.